The first-order valence-corrected chi connectivity index (χ1v) is 7.50. The van der Waals surface area contributed by atoms with Crippen LogP contribution in [0.4, 0.5) is 0 Å². The Morgan fingerprint density at radius 3 is 2.36 bits per heavy atom. The van der Waals surface area contributed by atoms with E-state index in [1.807, 2.05) is 30.3 Å². The van der Waals surface area contributed by atoms with Crippen molar-refractivity contribution >= 4 is 11.9 Å². The standard InChI is InChI=1S/C17H24O5/c1-14(18)21-11-7-4-8-12-22-16(13-17(19)20-2)15-9-5-3-6-10-15/h3,5-6,9-10,16H,4,7-8,11-13H2,1-2H3. The van der Waals surface area contributed by atoms with Gasteiger partial charge in [-0.15, -0.1) is 0 Å². The van der Waals surface area contributed by atoms with Crippen molar-refractivity contribution in [1.29, 1.82) is 0 Å². The molecular formula is C17H24O5. The van der Waals surface area contributed by atoms with Crippen molar-refractivity contribution in [3.05, 3.63) is 35.9 Å². The molecule has 0 radical (unpaired) electrons. The minimum Gasteiger partial charge on any atom is -0.469 e. The molecule has 1 atom stereocenters. The first kappa shape index (κ1) is 18.2. The van der Waals surface area contributed by atoms with Crippen molar-refractivity contribution in [3.63, 3.8) is 0 Å². The van der Waals surface area contributed by atoms with Gasteiger partial charge in [-0.3, -0.25) is 9.59 Å². The van der Waals surface area contributed by atoms with E-state index in [9.17, 15) is 9.59 Å². The van der Waals surface area contributed by atoms with Crippen LogP contribution >= 0.6 is 0 Å². The molecule has 0 saturated heterocycles. The maximum Gasteiger partial charge on any atom is 0.308 e. The van der Waals surface area contributed by atoms with Crippen LogP contribution in [-0.2, 0) is 23.8 Å². The Balaban J connectivity index is 2.32. The number of ether oxygens (including phenoxy) is 3. The number of rotatable bonds is 10. The van der Waals surface area contributed by atoms with Crippen molar-refractivity contribution in [2.45, 2.75) is 38.7 Å². The number of hydrogen-bond donors (Lipinski definition) is 0. The fourth-order valence-corrected chi connectivity index (χ4v) is 2.00. The highest BCUT2D eigenvalue weighted by molar-refractivity contribution is 5.70. The van der Waals surface area contributed by atoms with E-state index >= 15 is 0 Å². The maximum absolute atomic E-state index is 11.5. The smallest absolute Gasteiger partial charge is 0.308 e. The van der Waals surface area contributed by atoms with Crippen LogP contribution in [0.1, 0.15) is 44.3 Å². The van der Waals surface area contributed by atoms with Gasteiger partial charge >= 0.3 is 11.9 Å². The third kappa shape index (κ3) is 7.78. The largest absolute Gasteiger partial charge is 0.469 e. The summed E-state index contributed by atoms with van der Waals surface area (Å²) in [6, 6.07) is 9.64. The van der Waals surface area contributed by atoms with Gasteiger partial charge < -0.3 is 14.2 Å². The van der Waals surface area contributed by atoms with E-state index in [1.165, 1.54) is 14.0 Å². The number of hydrogen-bond acceptors (Lipinski definition) is 5. The molecule has 0 heterocycles. The fourth-order valence-electron chi connectivity index (χ4n) is 2.00. The summed E-state index contributed by atoms with van der Waals surface area (Å²) in [7, 11) is 1.37. The van der Waals surface area contributed by atoms with Crippen molar-refractivity contribution in [2.75, 3.05) is 20.3 Å². The zero-order valence-electron chi connectivity index (χ0n) is 13.2. The fraction of sp³-hybridized carbons (Fsp3) is 0.529. The second-order valence-corrected chi connectivity index (χ2v) is 4.95. The number of unbranched alkanes of at least 4 members (excludes halogenated alkanes) is 2. The molecule has 0 bridgehead atoms. The van der Waals surface area contributed by atoms with Gasteiger partial charge in [-0.25, -0.2) is 0 Å². The van der Waals surface area contributed by atoms with Gasteiger partial charge in [0.25, 0.3) is 0 Å². The molecule has 0 aliphatic carbocycles. The topological polar surface area (TPSA) is 61.8 Å². The molecule has 1 unspecified atom stereocenters. The SMILES string of the molecule is COC(=O)CC(OCCCCCOC(C)=O)c1ccccc1. The summed E-state index contributed by atoms with van der Waals surface area (Å²) in [4.78, 5) is 22.1. The third-order valence-corrected chi connectivity index (χ3v) is 3.16. The number of benzene rings is 1. The lowest BCUT2D eigenvalue weighted by atomic mass is 10.1. The molecule has 1 aromatic carbocycles. The molecule has 122 valence electrons. The van der Waals surface area contributed by atoms with Gasteiger partial charge in [0.05, 0.1) is 26.2 Å². The quantitative estimate of drug-likeness (QED) is 0.491. The van der Waals surface area contributed by atoms with Crippen molar-refractivity contribution < 1.29 is 23.8 Å². The second kappa shape index (κ2) is 10.8. The van der Waals surface area contributed by atoms with Crippen molar-refractivity contribution in [3.8, 4) is 0 Å². The summed E-state index contributed by atoms with van der Waals surface area (Å²) in [6.07, 6.45) is 2.49. The van der Waals surface area contributed by atoms with Crippen LogP contribution in [-0.4, -0.2) is 32.3 Å². The molecule has 0 aliphatic heterocycles. The Morgan fingerprint density at radius 2 is 1.73 bits per heavy atom. The molecule has 0 N–H and O–H groups in total. The molecule has 1 rings (SSSR count). The molecule has 1 aromatic rings. The van der Waals surface area contributed by atoms with Crippen molar-refractivity contribution in [1.82, 2.24) is 0 Å². The van der Waals surface area contributed by atoms with Gasteiger partial charge in [-0.1, -0.05) is 30.3 Å². The van der Waals surface area contributed by atoms with E-state index in [1.54, 1.807) is 0 Å². The van der Waals surface area contributed by atoms with Gasteiger partial charge in [-0.05, 0) is 24.8 Å². The summed E-state index contributed by atoms with van der Waals surface area (Å²) < 4.78 is 15.4. The first-order chi connectivity index (χ1) is 10.6. The normalized spacial score (nSPS) is 11.7. The van der Waals surface area contributed by atoms with Gasteiger partial charge in [-0.2, -0.15) is 0 Å². The van der Waals surface area contributed by atoms with Crippen LogP contribution in [0, 0.1) is 0 Å². The highest BCUT2D eigenvalue weighted by Gasteiger charge is 2.16. The lowest BCUT2D eigenvalue weighted by Crippen LogP contribution is -2.12. The van der Waals surface area contributed by atoms with Crippen LogP contribution in [0.5, 0.6) is 0 Å². The van der Waals surface area contributed by atoms with E-state index in [0.29, 0.717) is 13.2 Å². The van der Waals surface area contributed by atoms with Crippen LogP contribution < -0.4 is 0 Å². The van der Waals surface area contributed by atoms with E-state index in [2.05, 4.69) is 0 Å². The number of esters is 2. The summed E-state index contributed by atoms with van der Waals surface area (Å²) in [6.45, 7) is 2.40. The van der Waals surface area contributed by atoms with E-state index in [0.717, 1.165) is 24.8 Å². The van der Waals surface area contributed by atoms with Crippen LogP contribution in [0.25, 0.3) is 0 Å². The Morgan fingerprint density at radius 1 is 1.05 bits per heavy atom. The maximum atomic E-state index is 11.5. The molecule has 0 aliphatic rings. The lowest BCUT2D eigenvalue weighted by molar-refractivity contribution is -0.144. The summed E-state index contributed by atoms with van der Waals surface area (Å²) in [5.41, 5.74) is 0.966. The zero-order valence-corrected chi connectivity index (χ0v) is 13.2. The van der Waals surface area contributed by atoms with Gasteiger partial charge in [0, 0.05) is 13.5 Å². The third-order valence-electron chi connectivity index (χ3n) is 3.16. The van der Waals surface area contributed by atoms with Crippen LogP contribution in [0.3, 0.4) is 0 Å². The molecule has 0 aromatic heterocycles. The van der Waals surface area contributed by atoms with Crippen molar-refractivity contribution in [2.24, 2.45) is 0 Å². The summed E-state index contributed by atoms with van der Waals surface area (Å²) in [5, 5.41) is 0. The average molecular weight is 308 g/mol. The number of carbonyl (C=O) groups is 2. The Kier molecular flexibility index (Phi) is 8.91. The molecule has 0 amide bonds. The highest BCUT2D eigenvalue weighted by Crippen LogP contribution is 2.22. The number of carbonyl (C=O) groups excluding carboxylic acids is 2. The minimum atomic E-state index is -0.290. The van der Waals surface area contributed by atoms with E-state index in [-0.39, 0.29) is 24.5 Å². The summed E-state index contributed by atoms with van der Waals surface area (Å²) >= 11 is 0. The number of methoxy groups -OCH3 is 1. The molecule has 22 heavy (non-hydrogen) atoms. The Labute approximate surface area is 131 Å². The van der Waals surface area contributed by atoms with Gasteiger partial charge in [0.15, 0.2) is 0 Å². The van der Waals surface area contributed by atoms with Crippen LogP contribution in [0.2, 0.25) is 0 Å². The molecular weight excluding hydrogens is 284 g/mol. The molecule has 0 saturated carbocycles. The minimum absolute atomic E-state index is 0.202. The molecule has 5 nitrogen and oxygen atoms in total. The van der Waals surface area contributed by atoms with E-state index in [4.69, 9.17) is 14.2 Å². The highest BCUT2D eigenvalue weighted by atomic mass is 16.5. The Hall–Kier alpha value is -1.88. The molecule has 0 fully saturated rings. The predicted molar refractivity (Wildman–Crippen MR) is 82.3 cm³/mol. The second-order valence-electron chi connectivity index (χ2n) is 4.95. The predicted octanol–water partition coefficient (Wildman–Crippen LogP) is 3.04. The lowest BCUT2D eigenvalue weighted by Gasteiger charge is -2.17. The average Bonchev–Trinajstić information content (AvgIpc) is 2.53. The van der Waals surface area contributed by atoms with Crippen LogP contribution in [0.15, 0.2) is 30.3 Å². The molecule has 5 heteroatoms. The monoisotopic (exact) mass is 308 g/mol. The summed E-state index contributed by atoms with van der Waals surface area (Å²) in [5.74, 6) is -0.540. The van der Waals surface area contributed by atoms with Gasteiger partial charge in [0.2, 0.25) is 0 Å². The van der Waals surface area contributed by atoms with E-state index < -0.39 is 0 Å². The van der Waals surface area contributed by atoms with Gasteiger partial charge in [0.1, 0.15) is 0 Å². The Bertz CT molecular complexity index is 444. The molecule has 0 spiro atoms. The zero-order chi connectivity index (χ0) is 16.2. The first-order valence-electron chi connectivity index (χ1n) is 7.50.